The molecule has 0 aliphatic rings. The summed E-state index contributed by atoms with van der Waals surface area (Å²) in [6.07, 6.45) is 44.4. The highest BCUT2D eigenvalue weighted by Crippen LogP contribution is 2.21. The molecule has 2 aromatic heterocycles. The van der Waals surface area contributed by atoms with Gasteiger partial charge in [0.2, 0.25) is 0 Å². The molecule has 0 saturated carbocycles. The summed E-state index contributed by atoms with van der Waals surface area (Å²) < 4.78 is 5.27. The molecule has 0 bridgehead atoms. The molecule has 0 saturated heterocycles. The lowest BCUT2D eigenvalue weighted by molar-refractivity contribution is 0.0499. The van der Waals surface area contributed by atoms with Gasteiger partial charge in [0.25, 0.3) is 0 Å². The van der Waals surface area contributed by atoms with Crippen LogP contribution in [0.4, 0.5) is 10.0 Å². The third-order valence-corrected chi connectivity index (χ3v) is 11.3. The van der Waals surface area contributed by atoms with Crippen LogP contribution in [0.2, 0.25) is 0 Å². The molecule has 0 atom stereocenters. The third-order valence-electron chi connectivity index (χ3n) is 9.55. The van der Waals surface area contributed by atoms with E-state index in [4.69, 9.17) is 10.5 Å². The van der Waals surface area contributed by atoms with Crippen LogP contribution in [0.25, 0.3) is 0 Å². The molecule has 288 valence electrons. The lowest BCUT2D eigenvalue weighted by Gasteiger charge is -2.10. The second-order valence-corrected chi connectivity index (χ2v) is 16.1. The fraction of sp³-hybridized carbons (Fsp3) is 0.750. The molecule has 0 aliphatic heterocycles. The van der Waals surface area contributed by atoms with Gasteiger partial charge in [0.1, 0.15) is 5.00 Å². The first-order valence-corrected chi connectivity index (χ1v) is 22.8. The van der Waals surface area contributed by atoms with Gasteiger partial charge < -0.3 is 15.4 Å². The maximum atomic E-state index is 11.8. The Hall–Kier alpha value is -1.79. The van der Waals surface area contributed by atoms with Crippen molar-refractivity contribution < 1.29 is 9.53 Å². The molecule has 4 nitrogen and oxygen atoms in total. The standard InChI is InChI=1S/C23H41NO2S.C21H37NS/c1-2-3-4-5-6-7-8-9-10-11-12-13-14-15-16-17-19-26-23(25)21-18-20-27-22(21)24;1-3-4-5-6-7-8-9-10-11-12-13-14-15-16-19-22(2)21-18-17-20-23-21/h18,20H,2-17,19,24H2,1H3;16-20H,3-15H2,1-2H3. The quantitative estimate of drug-likeness (QED) is 0.0587. The Bertz CT molecular complexity index is 1000. The van der Waals surface area contributed by atoms with Crippen molar-refractivity contribution >= 4 is 38.6 Å². The number of ether oxygens (including phenoxy) is 1. The van der Waals surface area contributed by atoms with Gasteiger partial charge in [-0.2, -0.15) is 0 Å². The van der Waals surface area contributed by atoms with E-state index in [1.54, 1.807) is 17.4 Å². The van der Waals surface area contributed by atoms with Crippen molar-refractivity contribution in [1.29, 1.82) is 0 Å². The predicted octanol–water partition coefficient (Wildman–Crippen LogP) is 15.5. The van der Waals surface area contributed by atoms with Gasteiger partial charge in [-0.05, 0) is 48.2 Å². The minimum Gasteiger partial charge on any atom is -0.462 e. The molecule has 0 spiro atoms. The van der Waals surface area contributed by atoms with Crippen molar-refractivity contribution in [3.05, 3.63) is 46.8 Å². The predicted molar refractivity (Wildman–Crippen MR) is 226 cm³/mol. The van der Waals surface area contributed by atoms with Gasteiger partial charge in [0.05, 0.1) is 17.2 Å². The summed E-state index contributed by atoms with van der Waals surface area (Å²) in [6, 6.07) is 6.00. The molecule has 0 fully saturated rings. The zero-order valence-corrected chi connectivity index (χ0v) is 34.5. The van der Waals surface area contributed by atoms with Crippen LogP contribution in [-0.2, 0) is 4.74 Å². The van der Waals surface area contributed by atoms with E-state index in [0.717, 1.165) is 12.8 Å². The Kier molecular flexibility index (Phi) is 32.9. The number of rotatable bonds is 33. The number of nitrogen functional groups attached to an aromatic ring is 1. The van der Waals surface area contributed by atoms with Crippen LogP contribution in [-0.4, -0.2) is 19.6 Å². The summed E-state index contributed by atoms with van der Waals surface area (Å²) in [5, 5.41) is 5.81. The number of thiophene rings is 2. The summed E-state index contributed by atoms with van der Waals surface area (Å²) in [7, 11) is 2.13. The van der Waals surface area contributed by atoms with E-state index in [1.807, 2.05) is 5.38 Å². The minimum atomic E-state index is -0.283. The molecule has 0 aliphatic carbocycles. The number of nitrogens with zero attached hydrogens (tertiary/aromatic N) is 1. The summed E-state index contributed by atoms with van der Waals surface area (Å²) in [6.45, 7) is 5.07. The Labute approximate surface area is 318 Å². The molecule has 0 aromatic carbocycles. The molecular weight excluding hydrogens is 653 g/mol. The highest BCUT2D eigenvalue weighted by molar-refractivity contribution is 7.14. The second kappa shape index (κ2) is 35.6. The monoisotopic (exact) mass is 731 g/mol. The van der Waals surface area contributed by atoms with E-state index in [9.17, 15) is 4.79 Å². The van der Waals surface area contributed by atoms with Crippen molar-refractivity contribution in [2.75, 3.05) is 24.3 Å². The number of carbonyl (C=O) groups excluding carboxylic acids is 1. The summed E-state index contributed by atoms with van der Waals surface area (Å²) in [5.41, 5.74) is 6.24. The maximum absolute atomic E-state index is 11.8. The smallest absolute Gasteiger partial charge is 0.341 e. The molecule has 0 unspecified atom stereocenters. The fourth-order valence-corrected chi connectivity index (χ4v) is 7.57. The summed E-state index contributed by atoms with van der Waals surface area (Å²) in [5.74, 6) is -0.283. The second-order valence-electron chi connectivity index (χ2n) is 14.3. The van der Waals surface area contributed by atoms with E-state index in [-0.39, 0.29) is 5.97 Å². The Morgan fingerprint density at radius 3 is 1.46 bits per heavy atom. The average molecular weight is 731 g/mol. The van der Waals surface area contributed by atoms with Gasteiger partial charge in [-0.15, -0.1) is 22.7 Å². The molecule has 2 heterocycles. The lowest BCUT2D eigenvalue weighted by Crippen LogP contribution is -2.07. The first kappa shape index (κ1) is 46.2. The first-order valence-electron chi connectivity index (χ1n) is 21.0. The van der Waals surface area contributed by atoms with Crippen LogP contribution in [0, 0.1) is 0 Å². The Balaban J connectivity index is 0.000000506. The Morgan fingerprint density at radius 2 is 1.06 bits per heavy atom. The maximum Gasteiger partial charge on any atom is 0.341 e. The third kappa shape index (κ3) is 27.9. The van der Waals surface area contributed by atoms with Gasteiger partial charge in [-0.25, -0.2) is 4.79 Å². The lowest BCUT2D eigenvalue weighted by atomic mass is 10.0. The van der Waals surface area contributed by atoms with Gasteiger partial charge in [-0.1, -0.05) is 187 Å². The normalized spacial score (nSPS) is 11.2. The Morgan fingerprint density at radius 1 is 0.620 bits per heavy atom. The zero-order chi connectivity index (χ0) is 36.2. The fourth-order valence-electron chi connectivity index (χ4n) is 6.26. The van der Waals surface area contributed by atoms with Crippen molar-refractivity contribution in [1.82, 2.24) is 0 Å². The van der Waals surface area contributed by atoms with Crippen LogP contribution in [0.15, 0.2) is 41.2 Å². The topological polar surface area (TPSA) is 55.6 Å². The number of esters is 1. The van der Waals surface area contributed by atoms with E-state index < -0.39 is 0 Å². The molecule has 2 N–H and O–H groups in total. The van der Waals surface area contributed by atoms with Gasteiger partial charge >= 0.3 is 5.97 Å². The summed E-state index contributed by atoms with van der Waals surface area (Å²) in [4.78, 5) is 14.0. The highest BCUT2D eigenvalue weighted by atomic mass is 32.1. The van der Waals surface area contributed by atoms with Crippen LogP contribution >= 0.6 is 22.7 Å². The number of hydrogen-bond donors (Lipinski definition) is 1. The van der Waals surface area contributed by atoms with Crippen LogP contribution < -0.4 is 10.6 Å². The largest absolute Gasteiger partial charge is 0.462 e. The number of anilines is 2. The minimum absolute atomic E-state index is 0.283. The number of unbranched alkanes of at least 4 members (excludes halogenated alkanes) is 27. The van der Waals surface area contributed by atoms with Gasteiger partial charge in [0, 0.05) is 13.2 Å². The number of nitrogens with two attached hydrogens (primary N) is 1. The molecule has 0 amide bonds. The van der Waals surface area contributed by atoms with E-state index in [1.165, 1.54) is 190 Å². The SMILES string of the molecule is CCCCCCCCCCCCCCC=CN(C)c1cccs1.CCCCCCCCCCCCCCCCCCOC(=O)c1ccsc1N. The average Bonchev–Trinajstić information content (AvgIpc) is 3.82. The van der Waals surface area contributed by atoms with Crippen molar-refractivity contribution in [2.24, 2.45) is 0 Å². The van der Waals surface area contributed by atoms with Crippen molar-refractivity contribution in [2.45, 2.75) is 200 Å². The first-order chi connectivity index (χ1) is 24.6. The molecule has 50 heavy (non-hydrogen) atoms. The highest BCUT2D eigenvalue weighted by Gasteiger charge is 2.11. The van der Waals surface area contributed by atoms with Crippen LogP contribution in [0.5, 0.6) is 0 Å². The van der Waals surface area contributed by atoms with Crippen LogP contribution in [0.3, 0.4) is 0 Å². The molecular formula is C44H78N2O2S2. The van der Waals surface area contributed by atoms with Gasteiger partial charge in [0.15, 0.2) is 0 Å². The molecule has 2 aromatic rings. The molecule has 6 heteroatoms. The van der Waals surface area contributed by atoms with E-state index in [2.05, 4.69) is 55.6 Å². The van der Waals surface area contributed by atoms with Crippen molar-refractivity contribution in [3.63, 3.8) is 0 Å². The number of carbonyl (C=O) groups is 1. The number of hydrogen-bond acceptors (Lipinski definition) is 6. The number of allylic oxidation sites excluding steroid dienone is 1. The van der Waals surface area contributed by atoms with Crippen molar-refractivity contribution in [3.8, 4) is 0 Å². The zero-order valence-electron chi connectivity index (χ0n) is 32.9. The molecule has 2 rings (SSSR count). The summed E-state index contributed by atoms with van der Waals surface area (Å²) >= 11 is 3.17. The molecule has 0 radical (unpaired) electrons. The van der Waals surface area contributed by atoms with E-state index >= 15 is 0 Å². The van der Waals surface area contributed by atoms with Crippen LogP contribution in [0.1, 0.15) is 210 Å². The van der Waals surface area contributed by atoms with Gasteiger partial charge in [-0.3, -0.25) is 0 Å². The van der Waals surface area contributed by atoms with E-state index in [0.29, 0.717) is 17.2 Å².